The Balaban J connectivity index is 1.78. The van der Waals surface area contributed by atoms with Crippen molar-refractivity contribution in [3.05, 3.63) is 24.0 Å². The maximum atomic E-state index is 12.0. The van der Waals surface area contributed by atoms with Crippen LogP contribution in [0.4, 0.5) is 5.69 Å². The number of likely N-dealkylation sites (tertiary alicyclic amines) is 1. The second kappa shape index (κ2) is 7.21. The Morgan fingerprint density at radius 3 is 2.95 bits per heavy atom. The quantitative estimate of drug-likeness (QED) is 0.530. The van der Waals surface area contributed by atoms with Crippen molar-refractivity contribution in [1.82, 2.24) is 15.2 Å². The van der Waals surface area contributed by atoms with Gasteiger partial charge in [0, 0.05) is 19.3 Å². The Bertz CT molecular complexity index is 445. The Morgan fingerprint density at radius 2 is 2.25 bits per heavy atom. The van der Waals surface area contributed by atoms with Crippen molar-refractivity contribution < 1.29 is 4.79 Å². The summed E-state index contributed by atoms with van der Waals surface area (Å²) in [6.07, 6.45) is 4.15. The minimum absolute atomic E-state index is 0.157. The third kappa shape index (κ3) is 4.18. The second-order valence-electron chi connectivity index (χ2n) is 5.40. The number of hydrazine groups is 1. The predicted octanol–water partition coefficient (Wildman–Crippen LogP) is 0.829. The first kappa shape index (κ1) is 14.7. The lowest BCUT2D eigenvalue weighted by molar-refractivity contribution is 0.0940. The lowest BCUT2D eigenvalue weighted by Crippen LogP contribution is -2.34. The van der Waals surface area contributed by atoms with Gasteiger partial charge in [-0.05, 0) is 44.0 Å². The fourth-order valence-corrected chi connectivity index (χ4v) is 2.47. The Morgan fingerprint density at radius 1 is 1.50 bits per heavy atom. The zero-order valence-corrected chi connectivity index (χ0v) is 11.9. The fourth-order valence-electron chi connectivity index (χ4n) is 2.47. The molecular weight excluding hydrogens is 254 g/mol. The van der Waals surface area contributed by atoms with Crippen LogP contribution in [0.25, 0.3) is 0 Å². The molecule has 0 radical (unpaired) electrons. The summed E-state index contributed by atoms with van der Waals surface area (Å²) in [6, 6.07) is 3.35. The number of rotatable bonds is 6. The molecule has 1 saturated heterocycles. The predicted molar refractivity (Wildman–Crippen MR) is 79.2 cm³/mol. The van der Waals surface area contributed by atoms with Crippen LogP contribution < -0.4 is 16.6 Å². The molecule has 1 amide bonds. The highest BCUT2D eigenvalue weighted by molar-refractivity contribution is 5.93. The van der Waals surface area contributed by atoms with Gasteiger partial charge in [-0.3, -0.25) is 15.6 Å². The number of carbonyl (C=O) groups is 1. The van der Waals surface area contributed by atoms with Crippen molar-refractivity contribution in [2.75, 3.05) is 31.6 Å². The summed E-state index contributed by atoms with van der Waals surface area (Å²) in [5, 5.41) is 2.93. The number of nitrogen functional groups attached to an aromatic ring is 1. The SMILES string of the molecule is CC(CNC(=O)c1cc(NN)ccn1)CN1CCCC1. The highest BCUT2D eigenvalue weighted by atomic mass is 16.1. The first-order valence-corrected chi connectivity index (χ1v) is 7.12. The van der Waals surface area contributed by atoms with E-state index in [2.05, 4.69) is 27.6 Å². The molecule has 6 heteroatoms. The molecule has 0 aliphatic carbocycles. The third-order valence-corrected chi connectivity index (χ3v) is 3.54. The van der Waals surface area contributed by atoms with Crippen LogP contribution >= 0.6 is 0 Å². The standard InChI is InChI=1S/C14H23N5O/c1-11(10-19-6-2-3-7-19)9-17-14(20)13-8-12(18-15)4-5-16-13/h4-5,8,11H,2-3,6-7,9-10,15H2,1H3,(H,16,18)(H,17,20). The molecule has 2 rings (SSSR count). The number of hydrogen-bond acceptors (Lipinski definition) is 5. The Hall–Kier alpha value is -1.66. The second-order valence-corrected chi connectivity index (χ2v) is 5.40. The van der Waals surface area contributed by atoms with E-state index in [1.165, 1.54) is 25.9 Å². The maximum absolute atomic E-state index is 12.0. The van der Waals surface area contributed by atoms with E-state index < -0.39 is 0 Å². The molecule has 1 aromatic heterocycles. The highest BCUT2D eigenvalue weighted by Gasteiger charge is 2.15. The largest absolute Gasteiger partial charge is 0.350 e. The first-order chi connectivity index (χ1) is 9.69. The van der Waals surface area contributed by atoms with E-state index in [1.807, 2.05) is 0 Å². The van der Waals surface area contributed by atoms with Crippen molar-refractivity contribution in [2.45, 2.75) is 19.8 Å². The number of aromatic nitrogens is 1. The van der Waals surface area contributed by atoms with Gasteiger partial charge in [0.2, 0.25) is 0 Å². The van der Waals surface area contributed by atoms with E-state index in [4.69, 9.17) is 5.84 Å². The number of amides is 1. The van der Waals surface area contributed by atoms with Crippen LogP contribution in [0.2, 0.25) is 0 Å². The Labute approximate surface area is 119 Å². The van der Waals surface area contributed by atoms with Crippen molar-refractivity contribution in [3.8, 4) is 0 Å². The van der Waals surface area contributed by atoms with Crippen molar-refractivity contribution >= 4 is 11.6 Å². The highest BCUT2D eigenvalue weighted by Crippen LogP contribution is 2.10. The molecule has 0 saturated carbocycles. The number of carbonyl (C=O) groups excluding carboxylic acids is 1. The van der Waals surface area contributed by atoms with Crippen LogP contribution in [-0.4, -0.2) is 42.0 Å². The van der Waals surface area contributed by atoms with Crippen LogP contribution in [0.3, 0.4) is 0 Å². The smallest absolute Gasteiger partial charge is 0.269 e. The molecule has 1 fully saturated rings. The van der Waals surface area contributed by atoms with Gasteiger partial charge in [0.05, 0.1) is 5.69 Å². The van der Waals surface area contributed by atoms with Gasteiger partial charge in [-0.2, -0.15) is 0 Å². The van der Waals surface area contributed by atoms with Gasteiger partial charge in [0.15, 0.2) is 0 Å². The number of hydrogen-bond donors (Lipinski definition) is 3. The first-order valence-electron chi connectivity index (χ1n) is 7.12. The molecule has 1 atom stereocenters. The van der Waals surface area contributed by atoms with Gasteiger partial charge >= 0.3 is 0 Å². The average molecular weight is 277 g/mol. The van der Waals surface area contributed by atoms with Gasteiger partial charge in [-0.1, -0.05) is 6.92 Å². The molecule has 6 nitrogen and oxygen atoms in total. The van der Waals surface area contributed by atoms with E-state index in [0.29, 0.717) is 23.8 Å². The summed E-state index contributed by atoms with van der Waals surface area (Å²) < 4.78 is 0. The van der Waals surface area contributed by atoms with Crippen molar-refractivity contribution in [2.24, 2.45) is 11.8 Å². The summed E-state index contributed by atoms with van der Waals surface area (Å²) >= 11 is 0. The van der Waals surface area contributed by atoms with Gasteiger partial charge in [0.1, 0.15) is 5.69 Å². The summed E-state index contributed by atoms with van der Waals surface area (Å²) in [6.45, 7) is 6.23. The number of anilines is 1. The number of nitrogens with two attached hydrogens (primary N) is 1. The molecule has 1 aromatic rings. The molecule has 1 unspecified atom stereocenters. The van der Waals surface area contributed by atoms with E-state index in [1.54, 1.807) is 18.3 Å². The Kier molecular flexibility index (Phi) is 5.31. The van der Waals surface area contributed by atoms with Crippen molar-refractivity contribution in [1.29, 1.82) is 0 Å². The molecule has 1 aliphatic rings. The minimum atomic E-state index is -0.157. The van der Waals surface area contributed by atoms with E-state index in [-0.39, 0.29) is 5.91 Å². The van der Waals surface area contributed by atoms with Gasteiger partial charge in [-0.25, -0.2) is 0 Å². The molecular formula is C14H23N5O. The molecule has 20 heavy (non-hydrogen) atoms. The van der Waals surface area contributed by atoms with Crippen LogP contribution in [0.5, 0.6) is 0 Å². The number of nitrogens with one attached hydrogen (secondary N) is 2. The van der Waals surface area contributed by atoms with E-state index in [9.17, 15) is 4.79 Å². The monoisotopic (exact) mass is 277 g/mol. The lowest BCUT2D eigenvalue weighted by atomic mass is 10.1. The van der Waals surface area contributed by atoms with E-state index in [0.717, 1.165) is 6.54 Å². The zero-order chi connectivity index (χ0) is 14.4. The van der Waals surface area contributed by atoms with Gasteiger partial charge < -0.3 is 15.6 Å². The lowest BCUT2D eigenvalue weighted by Gasteiger charge is -2.20. The number of pyridine rings is 1. The molecule has 0 aromatic carbocycles. The normalized spacial score (nSPS) is 16.9. The van der Waals surface area contributed by atoms with Crippen LogP contribution in [0.1, 0.15) is 30.3 Å². The summed E-state index contributed by atoms with van der Waals surface area (Å²) in [4.78, 5) is 18.5. The average Bonchev–Trinajstić information content (AvgIpc) is 2.97. The number of nitrogens with zero attached hydrogens (tertiary/aromatic N) is 2. The molecule has 110 valence electrons. The topological polar surface area (TPSA) is 83.3 Å². The molecule has 0 bridgehead atoms. The van der Waals surface area contributed by atoms with Crippen LogP contribution in [0, 0.1) is 5.92 Å². The molecule has 4 N–H and O–H groups in total. The summed E-state index contributed by atoms with van der Waals surface area (Å²) in [5.41, 5.74) is 3.57. The molecule has 2 heterocycles. The zero-order valence-electron chi connectivity index (χ0n) is 11.9. The summed E-state index contributed by atoms with van der Waals surface area (Å²) in [7, 11) is 0. The third-order valence-electron chi connectivity index (χ3n) is 3.54. The molecule has 0 spiro atoms. The minimum Gasteiger partial charge on any atom is -0.350 e. The van der Waals surface area contributed by atoms with Crippen LogP contribution in [0.15, 0.2) is 18.3 Å². The molecule has 1 aliphatic heterocycles. The van der Waals surface area contributed by atoms with Crippen molar-refractivity contribution in [3.63, 3.8) is 0 Å². The van der Waals surface area contributed by atoms with E-state index >= 15 is 0 Å². The maximum Gasteiger partial charge on any atom is 0.269 e. The van der Waals surface area contributed by atoms with Gasteiger partial charge in [-0.15, -0.1) is 0 Å². The fraction of sp³-hybridized carbons (Fsp3) is 0.571. The van der Waals surface area contributed by atoms with Gasteiger partial charge in [0.25, 0.3) is 5.91 Å². The summed E-state index contributed by atoms with van der Waals surface area (Å²) in [5.74, 6) is 5.60. The van der Waals surface area contributed by atoms with Crippen LogP contribution in [-0.2, 0) is 0 Å².